The van der Waals surface area contributed by atoms with Crippen molar-refractivity contribution in [2.24, 2.45) is 17.8 Å². The Labute approximate surface area is 256 Å². The number of nitrogens with zero attached hydrogens (tertiary/aromatic N) is 1. The molecular formula is C34H48BNO7. The molecule has 0 spiro atoms. The molecule has 2 amide bonds. The first-order chi connectivity index (χ1) is 20.5. The number of unbranched alkanes of at least 4 members (excludes halogenated alkanes) is 2. The third-order valence-corrected chi connectivity index (χ3v) is 9.41. The second kappa shape index (κ2) is 14.7. The topological polar surface area (TPSA) is 124 Å². The van der Waals surface area contributed by atoms with Gasteiger partial charge in [-0.05, 0) is 105 Å². The van der Waals surface area contributed by atoms with E-state index in [-0.39, 0.29) is 30.3 Å². The molecule has 2 saturated heterocycles. The summed E-state index contributed by atoms with van der Waals surface area (Å²) < 4.78 is 6.19. The molecule has 0 unspecified atom stereocenters. The van der Waals surface area contributed by atoms with Gasteiger partial charge >= 0.3 is 13.1 Å². The molecule has 0 saturated carbocycles. The summed E-state index contributed by atoms with van der Waals surface area (Å²) in [6.45, 7) is 8.41. The van der Waals surface area contributed by atoms with Crippen LogP contribution >= 0.6 is 0 Å². The highest BCUT2D eigenvalue weighted by atomic mass is 16.5. The number of rotatable bonds is 14. The number of carbonyl (C=O) groups is 3. The maximum atomic E-state index is 13.7. The minimum Gasteiger partial charge on any atom is -0.507 e. The maximum absolute atomic E-state index is 13.7. The van der Waals surface area contributed by atoms with Gasteiger partial charge in [-0.25, -0.2) is 0 Å². The number of likely N-dealkylation sites (tertiary alicyclic amines) is 1. The molecule has 0 radical (unpaired) electrons. The number of hydrogen-bond acceptors (Lipinski definition) is 6. The van der Waals surface area contributed by atoms with Crippen molar-refractivity contribution >= 4 is 31.0 Å². The molecule has 3 aliphatic rings. The zero-order valence-corrected chi connectivity index (χ0v) is 26.2. The number of phenols is 1. The Balaban J connectivity index is 1.55. The number of hydrogen-bond donors (Lipinski definition) is 3. The summed E-state index contributed by atoms with van der Waals surface area (Å²) in [7, 11) is -0.991. The molecule has 0 aromatic heterocycles. The van der Waals surface area contributed by atoms with Crippen molar-refractivity contribution in [3.8, 4) is 5.75 Å². The molecule has 4 rings (SSSR count). The van der Waals surface area contributed by atoms with Crippen LogP contribution in [0.1, 0.15) is 101 Å². The number of fused-ring (bicyclic) bond motifs is 3. The van der Waals surface area contributed by atoms with Crippen molar-refractivity contribution in [1.29, 1.82) is 0 Å². The monoisotopic (exact) mass is 593 g/mol. The molecule has 1 aromatic carbocycles. The summed E-state index contributed by atoms with van der Waals surface area (Å²) in [4.78, 5) is 39.5. The van der Waals surface area contributed by atoms with Crippen molar-refractivity contribution < 1.29 is 34.3 Å². The molecule has 2 aliphatic heterocycles. The van der Waals surface area contributed by atoms with Crippen LogP contribution in [0.15, 0.2) is 28.9 Å². The smallest absolute Gasteiger partial charge is 0.455 e. The Morgan fingerprint density at radius 1 is 1.02 bits per heavy atom. The molecule has 9 heteroatoms. The van der Waals surface area contributed by atoms with E-state index in [0.29, 0.717) is 50.7 Å². The first-order valence-electron chi connectivity index (χ1n) is 16.2. The number of carboxylic acids is 1. The molecule has 1 aliphatic carbocycles. The molecule has 0 bridgehead atoms. The van der Waals surface area contributed by atoms with Gasteiger partial charge in [0.2, 0.25) is 11.8 Å². The molecule has 43 heavy (non-hydrogen) atoms. The zero-order valence-electron chi connectivity index (χ0n) is 26.2. The van der Waals surface area contributed by atoms with Crippen LogP contribution in [0.4, 0.5) is 0 Å². The van der Waals surface area contributed by atoms with E-state index in [1.807, 2.05) is 26.0 Å². The molecule has 2 heterocycles. The minimum absolute atomic E-state index is 0.0888. The van der Waals surface area contributed by atoms with Crippen molar-refractivity contribution in [2.75, 3.05) is 6.54 Å². The fraction of sp³-hybridized carbons (Fsp3) is 0.618. The van der Waals surface area contributed by atoms with Crippen LogP contribution in [0, 0.1) is 31.6 Å². The Kier molecular flexibility index (Phi) is 11.3. The third kappa shape index (κ3) is 7.61. The van der Waals surface area contributed by atoms with E-state index < -0.39 is 24.9 Å². The number of amides is 2. The van der Waals surface area contributed by atoms with E-state index in [9.17, 15) is 24.5 Å². The predicted molar refractivity (Wildman–Crippen MR) is 167 cm³/mol. The standard InChI is InChI=1S/C34H48BNO7/c1-5-10-23(18-24-16-21(3)32(39)22(4)17-24)13-14-28-30-25(11-6-2)19-26-31(27(30)20-35(42)43-28)34(41)36(33(26)40)15-9-7-8-12-29(37)38/h16-18,26-28,31,39,42H,5-15,19-20H2,1-4H3,(H,37,38)/b23-18+/t26-,27+,28-,31-/m1/s1. The fourth-order valence-corrected chi connectivity index (χ4v) is 7.53. The highest BCUT2D eigenvalue weighted by Crippen LogP contribution is 2.51. The van der Waals surface area contributed by atoms with Gasteiger partial charge in [0, 0.05) is 13.0 Å². The van der Waals surface area contributed by atoms with Gasteiger partial charge in [0.25, 0.3) is 0 Å². The minimum atomic E-state index is -0.991. The number of phenolic OH excluding ortho intramolecular Hbond substituents is 1. The third-order valence-electron chi connectivity index (χ3n) is 9.41. The second-order valence-corrected chi connectivity index (χ2v) is 12.7. The summed E-state index contributed by atoms with van der Waals surface area (Å²) in [6, 6.07) is 4.00. The SMILES string of the molecule is CCCC1=C2[C@@H](CC/C(=C/c3cc(C)c(O)c(C)c3)CCC)OB(O)C[C@@H]2[C@@H]2C(=O)N(CCCCCC(=O)O)C(=O)[C@@H]2C1. The number of carbonyl (C=O) groups excluding carboxylic acids is 2. The van der Waals surface area contributed by atoms with Crippen LogP contribution in [0.2, 0.25) is 6.32 Å². The van der Waals surface area contributed by atoms with Crippen molar-refractivity contribution in [2.45, 2.75) is 111 Å². The van der Waals surface area contributed by atoms with E-state index in [1.165, 1.54) is 16.0 Å². The molecule has 3 N–H and O–H groups in total. The van der Waals surface area contributed by atoms with Gasteiger partial charge in [-0.3, -0.25) is 19.3 Å². The second-order valence-electron chi connectivity index (χ2n) is 12.7. The first kappa shape index (κ1) is 33.0. The predicted octanol–water partition coefficient (Wildman–Crippen LogP) is 6.21. The largest absolute Gasteiger partial charge is 0.507 e. The van der Waals surface area contributed by atoms with Gasteiger partial charge in [0.15, 0.2) is 0 Å². The maximum Gasteiger partial charge on any atom is 0.455 e. The number of aryl methyl sites for hydroxylation is 2. The van der Waals surface area contributed by atoms with Gasteiger partial charge < -0.3 is 19.9 Å². The van der Waals surface area contributed by atoms with Crippen LogP contribution in [0.3, 0.4) is 0 Å². The Bertz CT molecular complexity index is 1250. The highest BCUT2D eigenvalue weighted by Gasteiger charge is 2.56. The molecule has 1 aromatic rings. The van der Waals surface area contributed by atoms with Gasteiger partial charge in [-0.2, -0.15) is 0 Å². The number of aliphatic carboxylic acids is 1. The Hall–Kier alpha value is -2.91. The van der Waals surface area contributed by atoms with E-state index >= 15 is 0 Å². The van der Waals surface area contributed by atoms with E-state index in [0.717, 1.165) is 54.4 Å². The Morgan fingerprint density at radius 3 is 2.40 bits per heavy atom. The van der Waals surface area contributed by atoms with Crippen molar-refractivity contribution in [3.05, 3.63) is 45.5 Å². The van der Waals surface area contributed by atoms with Crippen LogP contribution in [0.5, 0.6) is 5.75 Å². The zero-order chi connectivity index (χ0) is 31.3. The van der Waals surface area contributed by atoms with Crippen molar-refractivity contribution in [1.82, 2.24) is 4.90 Å². The van der Waals surface area contributed by atoms with Crippen LogP contribution < -0.4 is 0 Å². The fourth-order valence-electron chi connectivity index (χ4n) is 7.53. The summed E-state index contributed by atoms with van der Waals surface area (Å²) >= 11 is 0. The molecule has 4 atom stereocenters. The summed E-state index contributed by atoms with van der Waals surface area (Å²) in [5.41, 5.74) is 6.37. The molecular weight excluding hydrogens is 545 g/mol. The highest BCUT2D eigenvalue weighted by molar-refractivity contribution is 6.43. The summed E-state index contributed by atoms with van der Waals surface area (Å²) in [6.07, 6.45) is 9.78. The van der Waals surface area contributed by atoms with Crippen LogP contribution in [-0.4, -0.2) is 57.7 Å². The van der Waals surface area contributed by atoms with Crippen LogP contribution in [0.25, 0.3) is 6.08 Å². The van der Waals surface area contributed by atoms with Gasteiger partial charge in [-0.15, -0.1) is 0 Å². The lowest BCUT2D eigenvalue weighted by Gasteiger charge is -2.43. The normalized spacial score (nSPS) is 24.1. The molecule has 8 nitrogen and oxygen atoms in total. The Morgan fingerprint density at radius 2 is 1.74 bits per heavy atom. The van der Waals surface area contributed by atoms with Gasteiger partial charge in [-0.1, -0.05) is 50.3 Å². The first-order valence-corrected chi connectivity index (χ1v) is 16.2. The lowest BCUT2D eigenvalue weighted by atomic mass is 9.58. The average molecular weight is 594 g/mol. The molecule has 234 valence electrons. The number of benzene rings is 1. The summed E-state index contributed by atoms with van der Waals surface area (Å²) in [5, 5.41) is 30.0. The number of aromatic hydroxyl groups is 1. The lowest BCUT2D eigenvalue weighted by Crippen LogP contribution is -2.46. The van der Waals surface area contributed by atoms with E-state index in [1.54, 1.807) is 0 Å². The summed E-state index contributed by atoms with van der Waals surface area (Å²) in [5.74, 6) is -1.87. The van der Waals surface area contributed by atoms with Crippen molar-refractivity contribution in [3.63, 3.8) is 0 Å². The van der Waals surface area contributed by atoms with Gasteiger partial charge in [0.1, 0.15) is 5.75 Å². The lowest BCUT2D eigenvalue weighted by molar-refractivity contribution is -0.141. The van der Waals surface area contributed by atoms with Gasteiger partial charge in [0.05, 0.1) is 17.9 Å². The quantitative estimate of drug-likeness (QED) is 0.101. The molecule has 2 fully saturated rings. The van der Waals surface area contributed by atoms with E-state index in [2.05, 4.69) is 19.9 Å². The van der Waals surface area contributed by atoms with Crippen LogP contribution in [-0.2, 0) is 19.0 Å². The average Bonchev–Trinajstić information content (AvgIpc) is 3.18. The number of allylic oxidation sites excluding steroid dienone is 2. The number of carboxylic acid groups (broad SMARTS) is 1. The van der Waals surface area contributed by atoms with E-state index in [4.69, 9.17) is 9.76 Å². The number of imide groups is 1.